The van der Waals surface area contributed by atoms with Crippen LogP contribution in [0.3, 0.4) is 0 Å². The predicted molar refractivity (Wildman–Crippen MR) is 70.1 cm³/mol. The van der Waals surface area contributed by atoms with Crippen LogP contribution in [0.4, 0.5) is 0 Å². The molecule has 0 heterocycles. The summed E-state index contributed by atoms with van der Waals surface area (Å²) in [5.74, 6) is 1.32. The monoisotopic (exact) mass is 212 g/mol. The molecule has 0 amide bonds. The normalized spacial score (nSPS) is 26.6. The van der Waals surface area contributed by atoms with Gasteiger partial charge in [0.25, 0.3) is 0 Å². The van der Waals surface area contributed by atoms with Crippen LogP contribution in [0.15, 0.2) is 53.3 Å². The van der Waals surface area contributed by atoms with Gasteiger partial charge in [-0.15, -0.1) is 12.3 Å². The van der Waals surface area contributed by atoms with E-state index in [0.29, 0.717) is 11.8 Å². The first-order valence-electron chi connectivity index (χ1n) is 6.12. The van der Waals surface area contributed by atoms with Crippen molar-refractivity contribution in [2.75, 3.05) is 0 Å². The second-order valence-corrected chi connectivity index (χ2v) is 4.85. The van der Waals surface area contributed by atoms with Crippen molar-refractivity contribution in [2.24, 2.45) is 11.8 Å². The summed E-state index contributed by atoms with van der Waals surface area (Å²) in [5, 5.41) is 0. The zero-order valence-corrected chi connectivity index (χ0v) is 10.3. The van der Waals surface area contributed by atoms with E-state index in [1.54, 1.807) is 11.1 Å². The fraction of sp³-hybridized carbons (Fsp3) is 0.438. The van der Waals surface area contributed by atoms with Crippen molar-refractivity contribution >= 4 is 0 Å². The highest BCUT2D eigenvalue weighted by molar-refractivity contribution is 5.42. The lowest BCUT2D eigenvalue weighted by Gasteiger charge is -2.42. The summed E-state index contributed by atoms with van der Waals surface area (Å²) in [6, 6.07) is 0. The van der Waals surface area contributed by atoms with Crippen LogP contribution < -0.4 is 0 Å². The van der Waals surface area contributed by atoms with E-state index in [9.17, 15) is 0 Å². The summed E-state index contributed by atoms with van der Waals surface area (Å²) in [6.45, 7) is 8.21. The third-order valence-corrected chi connectivity index (χ3v) is 3.55. The van der Waals surface area contributed by atoms with E-state index in [2.05, 4.69) is 37.5 Å². The van der Waals surface area contributed by atoms with E-state index >= 15 is 0 Å². The molecule has 0 fully saturated rings. The smallest absolute Gasteiger partial charge is 0.0127 e. The first-order valence-corrected chi connectivity index (χ1v) is 6.12. The summed E-state index contributed by atoms with van der Waals surface area (Å²) in [4.78, 5) is 0. The molecule has 84 valence electrons. The van der Waals surface area contributed by atoms with Crippen molar-refractivity contribution in [3.63, 3.8) is 0 Å². The van der Waals surface area contributed by atoms with Gasteiger partial charge in [-0.3, -0.25) is 0 Å². The Morgan fingerprint density at radius 3 is 2.75 bits per heavy atom. The van der Waals surface area contributed by atoms with Crippen LogP contribution in [0.2, 0.25) is 0 Å². The average Bonchev–Trinajstić information content (AvgIpc) is 2.27. The first kappa shape index (κ1) is 11.2. The minimum atomic E-state index is 0.618. The minimum Gasteiger partial charge on any atom is -0.129 e. The Bertz CT molecular complexity index is 411. The highest BCUT2D eigenvalue weighted by Gasteiger charge is 2.37. The molecule has 2 rings (SSSR count). The average molecular weight is 212 g/mol. The van der Waals surface area contributed by atoms with Crippen molar-refractivity contribution in [1.82, 2.24) is 0 Å². The third kappa shape index (κ3) is 1.99. The van der Waals surface area contributed by atoms with Crippen molar-refractivity contribution in [3.05, 3.63) is 53.3 Å². The molecule has 0 radical (unpaired) electrons. The standard InChI is InChI=1S/C16H20/c1-4-5-8-14-13-9-6-7-10-15(13)16(14)11-12(2)3/h4,6-8,14,16H,2,9-11H2,1,3H3. The van der Waals surface area contributed by atoms with Gasteiger partial charge in [-0.25, -0.2) is 0 Å². The van der Waals surface area contributed by atoms with Crippen LogP contribution in [0.1, 0.15) is 33.1 Å². The Labute approximate surface area is 98.8 Å². The summed E-state index contributed by atoms with van der Waals surface area (Å²) < 4.78 is 0. The molecule has 2 atom stereocenters. The molecule has 0 bridgehead atoms. The molecule has 0 spiro atoms. The molecule has 2 aliphatic rings. The molecule has 0 N–H and O–H groups in total. The lowest BCUT2D eigenvalue weighted by atomic mass is 9.62. The fourth-order valence-corrected chi connectivity index (χ4v) is 2.83. The first-order chi connectivity index (χ1) is 7.74. The van der Waals surface area contributed by atoms with Crippen molar-refractivity contribution in [1.29, 1.82) is 0 Å². The van der Waals surface area contributed by atoms with Crippen molar-refractivity contribution in [3.8, 4) is 0 Å². The van der Waals surface area contributed by atoms with E-state index in [1.807, 2.05) is 13.0 Å². The maximum atomic E-state index is 4.05. The molecule has 2 unspecified atom stereocenters. The van der Waals surface area contributed by atoms with Gasteiger partial charge in [-0.1, -0.05) is 28.9 Å². The van der Waals surface area contributed by atoms with Gasteiger partial charge in [-0.2, -0.15) is 0 Å². The lowest BCUT2D eigenvalue weighted by Crippen LogP contribution is -2.30. The van der Waals surface area contributed by atoms with Crippen molar-refractivity contribution in [2.45, 2.75) is 33.1 Å². The summed E-state index contributed by atoms with van der Waals surface area (Å²) in [7, 11) is 0. The van der Waals surface area contributed by atoms with E-state index in [1.165, 1.54) is 5.57 Å². The Morgan fingerprint density at radius 2 is 2.12 bits per heavy atom. The van der Waals surface area contributed by atoms with E-state index < -0.39 is 0 Å². The van der Waals surface area contributed by atoms with Crippen molar-refractivity contribution < 1.29 is 0 Å². The SMILES string of the molecule is C=C(C)CC1C2=C(CC=CC2)C1C=C=CC. The summed E-state index contributed by atoms with van der Waals surface area (Å²) >= 11 is 0. The molecule has 0 aromatic heterocycles. The van der Waals surface area contributed by atoms with Gasteiger partial charge in [0.1, 0.15) is 0 Å². The minimum absolute atomic E-state index is 0.618. The second kappa shape index (κ2) is 4.72. The van der Waals surface area contributed by atoms with Gasteiger partial charge in [0.05, 0.1) is 0 Å². The Balaban J connectivity index is 2.19. The largest absolute Gasteiger partial charge is 0.129 e. The quantitative estimate of drug-likeness (QED) is 0.474. The zero-order chi connectivity index (χ0) is 11.5. The van der Waals surface area contributed by atoms with E-state index in [0.717, 1.165) is 19.3 Å². The maximum absolute atomic E-state index is 4.05. The summed E-state index contributed by atoms with van der Waals surface area (Å²) in [6.07, 6.45) is 12.3. The summed E-state index contributed by atoms with van der Waals surface area (Å²) in [5.41, 5.74) is 7.86. The molecule has 0 aromatic carbocycles. The van der Waals surface area contributed by atoms with Gasteiger partial charge in [0, 0.05) is 5.92 Å². The number of allylic oxidation sites excluding steroid dienone is 6. The molecule has 0 heteroatoms. The Morgan fingerprint density at radius 1 is 1.44 bits per heavy atom. The lowest BCUT2D eigenvalue weighted by molar-refractivity contribution is 0.407. The maximum Gasteiger partial charge on any atom is 0.0127 e. The molecule has 0 aromatic rings. The highest BCUT2D eigenvalue weighted by atomic mass is 14.4. The van der Waals surface area contributed by atoms with Crippen LogP contribution in [0, 0.1) is 11.8 Å². The topological polar surface area (TPSA) is 0 Å². The van der Waals surface area contributed by atoms with Crippen LogP contribution >= 0.6 is 0 Å². The zero-order valence-electron chi connectivity index (χ0n) is 10.3. The van der Waals surface area contributed by atoms with Gasteiger partial charge in [-0.05, 0) is 51.2 Å². The predicted octanol–water partition coefficient (Wildman–Crippen LogP) is 4.58. The van der Waals surface area contributed by atoms with Crippen LogP contribution in [-0.2, 0) is 0 Å². The highest BCUT2D eigenvalue weighted by Crippen LogP contribution is 2.49. The van der Waals surface area contributed by atoms with Crippen LogP contribution in [0.25, 0.3) is 0 Å². The molecule has 16 heavy (non-hydrogen) atoms. The number of rotatable bonds is 3. The number of hydrogen-bond donors (Lipinski definition) is 0. The van der Waals surface area contributed by atoms with Gasteiger partial charge >= 0.3 is 0 Å². The van der Waals surface area contributed by atoms with Gasteiger partial charge < -0.3 is 0 Å². The molecule has 2 aliphatic carbocycles. The molecule has 0 saturated heterocycles. The molecule has 0 aliphatic heterocycles. The molecule has 0 saturated carbocycles. The van der Waals surface area contributed by atoms with Crippen LogP contribution in [0.5, 0.6) is 0 Å². The number of hydrogen-bond acceptors (Lipinski definition) is 0. The Hall–Kier alpha value is -1.26. The third-order valence-electron chi connectivity index (χ3n) is 3.55. The molecule has 0 nitrogen and oxygen atoms in total. The fourth-order valence-electron chi connectivity index (χ4n) is 2.83. The van der Waals surface area contributed by atoms with E-state index in [4.69, 9.17) is 0 Å². The Kier molecular flexibility index (Phi) is 3.31. The van der Waals surface area contributed by atoms with Gasteiger partial charge in [0.2, 0.25) is 0 Å². The van der Waals surface area contributed by atoms with Crippen LogP contribution in [-0.4, -0.2) is 0 Å². The molecular weight excluding hydrogens is 192 g/mol. The second-order valence-electron chi connectivity index (χ2n) is 4.85. The van der Waals surface area contributed by atoms with Gasteiger partial charge in [0.15, 0.2) is 0 Å². The van der Waals surface area contributed by atoms with E-state index in [-0.39, 0.29) is 0 Å². The molecular formula is C16H20.